The number of hydrogen-bond donors (Lipinski definition) is 6. The van der Waals surface area contributed by atoms with E-state index in [-0.39, 0.29) is 40.2 Å². The van der Waals surface area contributed by atoms with Crippen LogP contribution in [0.25, 0.3) is 0 Å². The van der Waals surface area contributed by atoms with E-state index >= 15 is 0 Å². The van der Waals surface area contributed by atoms with Crippen LogP contribution in [-0.4, -0.2) is 82.5 Å². The number of fused-ring (bicyclic) bond motifs is 1. The van der Waals surface area contributed by atoms with Crippen molar-refractivity contribution in [3.63, 3.8) is 0 Å². The maximum absolute atomic E-state index is 13.1. The van der Waals surface area contributed by atoms with Gasteiger partial charge in [-0.05, 0) is 43.5 Å². The SMILES string of the molecule is CC(C)(O/N=C(\C(=O)NC1C(=O)N2C(C(=O)O)=C(Cc3ccc(O)c(O)c3)CS[C@H]12)c1csc(N)n1)C(=O)O. The minimum atomic E-state index is -1.78. The third kappa shape index (κ3) is 5.46. The number of amides is 2. The monoisotopic (exact) mass is 577 g/mol. The second-order valence-corrected chi connectivity index (χ2v) is 11.0. The molecule has 14 nitrogen and oxygen atoms in total. The quantitative estimate of drug-likeness (QED) is 0.105. The number of phenols is 2. The number of carbonyl (C=O) groups is 4. The fourth-order valence-electron chi connectivity index (χ4n) is 3.75. The number of hydrogen-bond acceptors (Lipinski definition) is 12. The zero-order valence-corrected chi connectivity index (χ0v) is 22.1. The molecular formula is C23H23N5O9S2. The molecule has 1 aromatic carbocycles. The number of nitrogens with two attached hydrogens (primary N) is 1. The zero-order chi connectivity index (χ0) is 28.6. The maximum atomic E-state index is 13.1. The van der Waals surface area contributed by atoms with Crippen molar-refractivity contribution in [3.8, 4) is 11.5 Å². The summed E-state index contributed by atoms with van der Waals surface area (Å²) in [6.07, 6.45) is 0.106. The number of oxime groups is 1. The third-order valence-electron chi connectivity index (χ3n) is 5.85. The first-order valence-electron chi connectivity index (χ1n) is 11.2. The van der Waals surface area contributed by atoms with Crippen molar-refractivity contribution in [2.24, 2.45) is 5.16 Å². The number of nitrogens with one attached hydrogen (secondary N) is 1. The first-order valence-corrected chi connectivity index (χ1v) is 13.2. The molecule has 2 aliphatic rings. The fraction of sp³-hybridized carbons (Fsp3) is 0.304. The Balaban J connectivity index is 1.56. The van der Waals surface area contributed by atoms with Crippen LogP contribution in [0.3, 0.4) is 0 Å². The largest absolute Gasteiger partial charge is 0.504 e. The Morgan fingerprint density at radius 3 is 2.56 bits per heavy atom. The molecule has 16 heteroatoms. The molecule has 1 aromatic heterocycles. The van der Waals surface area contributed by atoms with Gasteiger partial charge in [-0.2, -0.15) is 0 Å². The average Bonchev–Trinajstić information content (AvgIpc) is 3.29. The highest BCUT2D eigenvalue weighted by Gasteiger charge is 2.54. The molecule has 2 atom stereocenters. The van der Waals surface area contributed by atoms with E-state index in [2.05, 4.69) is 15.5 Å². The molecule has 0 radical (unpaired) electrons. The number of benzene rings is 1. The normalized spacial score (nSPS) is 19.3. The molecule has 39 heavy (non-hydrogen) atoms. The highest BCUT2D eigenvalue weighted by atomic mass is 32.2. The molecule has 2 amide bonds. The van der Waals surface area contributed by atoms with E-state index in [1.165, 1.54) is 49.2 Å². The lowest BCUT2D eigenvalue weighted by Crippen LogP contribution is -2.71. The Labute approximate surface area is 228 Å². The predicted molar refractivity (Wildman–Crippen MR) is 139 cm³/mol. The lowest BCUT2D eigenvalue weighted by atomic mass is 9.98. The second-order valence-electron chi connectivity index (χ2n) is 9.04. The number of carbonyl (C=O) groups excluding carboxylic acids is 2. The minimum absolute atomic E-state index is 0.00155. The van der Waals surface area contributed by atoms with Gasteiger partial charge in [0.15, 0.2) is 22.3 Å². The Morgan fingerprint density at radius 1 is 1.26 bits per heavy atom. The van der Waals surface area contributed by atoms with Crippen molar-refractivity contribution in [2.75, 3.05) is 11.5 Å². The highest BCUT2D eigenvalue weighted by molar-refractivity contribution is 8.00. The maximum Gasteiger partial charge on any atom is 0.352 e. The molecule has 206 valence electrons. The summed E-state index contributed by atoms with van der Waals surface area (Å²) in [7, 11) is 0. The number of aromatic nitrogens is 1. The van der Waals surface area contributed by atoms with Crippen LogP contribution in [0.2, 0.25) is 0 Å². The number of thiazole rings is 1. The molecule has 2 aromatic rings. The molecule has 4 rings (SSSR count). The number of nitrogen functional groups attached to an aromatic ring is 1. The number of aliphatic carboxylic acids is 2. The van der Waals surface area contributed by atoms with E-state index in [1.54, 1.807) is 0 Å². The number of nitrogens with zero attached hydrogens (tertiary/aromatic N) is 3. The van der Waals surface area contributed by atoms with Crippen LogP contribution in [0.15, 0.2) is 40.0 Å². The van der Waals surface area contributed by atoms with Gasteiger partial charge in [0.05, 0.1) is 0 Å². The van der Waals surface area contributed by atoms with Crippen LogP contribution in [-0.2, 0) is 30.4 Å². The number of β-lactam (4-membered cyclic amide) rings is 1. The molecule has 2 aliphatic heterocycles. The van der Waals surface area contributed by atoms with Crippen molar-refractivity contribution in [3.05, 3.63) is 46.1 Å². The van der Waals surface area contributed by atoms with Gasteiger partial charge in [-0.25, -0.2) is 14.6 Å². The lowest BCUT2D eigenvalue weighted by Gasteiger charge is -2.49. The number of carboxylic acids is 2. The number of phenolic OH excluding ortho intramolecular Hbond substituents is 2. The van der Waals surface area contributed by atoms with Crippen molar-refractivity contribution in [2.45, 2.75) is 37.3 Å². The van der Waals surface area contributed by atoms with Crippen molar-refractivity contribution in [1.82, 2.24) is 15.2 Å². The molecule has 1 fully saturated rings. The Morgan fingerprint density at radius 2 is 1.97 bits per heavy atom. The van der Waals surface area contributed by atoms with E-state index in [1.807, 2.05) is 0 Å². The summed E-state index contributed by atoms with van der Waals surface area (Å²) in [4.78, 5) is 59.9. The smallest absolute Gasteiger partial charge is 0.352 e. The first-order chi connectivity index (χ1) is 18.3. The first kappa shape index (κ1) is 27.7. The highest BCUT2D eigenvalue weighted by Crippen LogP contribution is 2.41. The summed E-state index contributed by atoms with van der Waals surface area (Å²) in [5.41, 5.74) is 4.19. The van der Waals surface area contributed by atoms with E-state index < -0.39 is 46.5 Å². The number of anilines is 1. The van der Waals surface area contributed by atoms with Crippen LogP contribution in [0.4, 0.5) is 5.13 Å². The lowest BCUT2D eigenvalue weighted by molar-refractivity contribution is -0.161. The van der Waals surface area contributed by atoms with Gasteiger partial charge in [0.1, 0.15) is 22.8 Å². The molecule has 1 unspecified atom stereocenters. The summed E-state index contributed by atoms with van der Waals surface area (Å²) in [6.45, 7) is 2.46. The summed E-state index contributed by atoms with van der Waals surface area (Å²) in [5.74, 6) is -4.70. The molecule has 3 heterocycles. The average molecular weight is 578 g/mol. The predicted octanol–water partition coefficient (Wildman–Crippen LogP) is 0.702. The fourth-order valence-corrected chi connectivity index (χ4v) is 5.65. The molecule has 7 N–H and O–H groups in total. The molecule has 0 aliphatic carbocycles. The molecule has 0 spiro atoms. The number of thioether (sulfide) groups is 1. The van der Waals surface area contributed by atoms with Crippen molar-refractivity contribution in [1.29, 1.82) is 0 Å². The molecular weight excluding hydrogens is 554 g/mol. The Bertz CT molecular complexity index is 1430. The van der Waals surface area contributed by atoms with Gasteiger partial charge < -0.3 is 36.3 Å². The van der Waals surface area contributed by atoms with Crippen LogP contribution in [0.5, 0.6) is 11.5 Å². The van der Waals surface area contributed by atoms with Gasteiger partial charge in [-0.15, -0.1) is 23.1 Å². The van der Waals surface area contributed by atoms with Gasteiger partial charge in [0.25, 0.3) is 11.8 Å². The second kappa shape index (κ2) is 10.5. The van der Waals surface area contributed by atoms with Gasteiger partial charge in [-0.3, -0.25) is 14.5 Å². The Kier molecular flexibility index (Phi) is 7.43. The molecule has 0 bridgehead atoms. The van der Waals surface area contributed by atoms with Crippen molar-refractivity contribution >= 4 is 57.7 Å². The summed E-state index contributed by atoms with van der Waals surface area (Å²) >= 11 is 2.24. The summed E-state index contributed by atoms with van der Waals surface area (Å²) in [6, 6.07) is 3.00. The van der Waals surface area contributed by atoms with Gasteiger partial charge in [0, 0.05) is 11.1 Å². The van der Waals surface area contributed by atoms with E-state index in [0.29, 0.717) is 11.1 Å². The van der Waals surface area contributed by atoms with E-state index in [4.69, 9.17) is 10.6 Å². The van der Waals surface area contributed by atoms with Gasteiger partial charge in [-0.1, -0.05) is 11.2 Å². The molecule has 0 saturated carbocycles. The zero-order valence-electron chi connectivity index (χ0n) is 20.4. The van der Waals surface area contributed by atoms with Gasteiger partial charge >= 0.3 is 11.9 Å². The van der Waals surface area contributed by atoms with Crippen LogP contribution >= 0.6 is 23.1 Å². The number of aromatic hydroxyl groups is 2. The van der Waals surface area contributed by atoms with Crippen LogP contribution < -0.4 is 11.1 Å². The van der Waals surface area contributed by atoms with Crippen LogP contribution in [0.1, 0.15) is 25.1 Å². The van der Waals surface area contributed by atoms with Crippen molar-refractivity contribution < 1.29 is 44.4 Å². The molecule has 1 saturated heterocycles. The van der Waals surface area contributed by atoms with Gasteiger partial charge in [0.2, 0.25) is 5.60 Å². The Hall–Kier alpha value is -4.31. The third-order valence-corrected chi connectivity index (χ3v) is 7.87. The standard InChI is InChI=1S/C23H23N5O9S2/c1-23(2,21(35)36)37-27-14(11-8-39-22(24)25-11)17(31)26-15-18(32)28-16(20(33)34)10(7-38-19(15)28)5-9-3-4-12(29)13(30)6-9/h3-4,6,8,15,19,29-30H,5,7H2,1-2H3,(H2,24,25)(H,26,31)(H,33,34)(H,35,36)/b27-14-/t15?,19-/m1/s1. The summed E-state index contributed by atoms with van der Waals surface area (Å²) < 4.78 is 0. The number of carboxylic acid groups (broad SMARTS) is 2. The van der Waals surface area contributed by atoms with Crippen LogP contribution in [0, 0.1) is 0 Å². The summed E-state index contributed by atoms with van der Waals surface area (Å²) in [5, 5.41) is 45.4. The van der Waals surface area contributed by atoms with E-state index in [0.717, 1.165) is 16.2 Å². The van der Waals surface area contributed by atoms with E-state index in [9.17, 15) is 39.6 Å². The number of rotatable bonds is 9. The topological polar surface area (TPSA) is 225 Å². The minimum Gasteiger partial charge on any atom is -0.504 e.